The van der Waals surface area contributed by atoms with Crippen LogP contribution in [0.25, 0.3) is 0 Å². The highest BCUT2D eigenvalue weighted by Gasteiger charge is 2.03. The van der Waals surface area contributed by atoms with Gasteiger partial charge in [0.25, 0.3) is 0 Å². The molecule has 0 fully saturated rings. The van der Waals surface area contributed by atoms with Crippen LogP contribution in [0.1, 0.15) is 11.1 Å². The van der Waals surface area contributed by atoms with Crippen LogP contribution in [0.2, 0.25) is 10.0 Å². The number of hydrogen-bond acceptors (Lipinski definition) is 1. The molecule has 0 aliphatic heterocycles. The summed E-state index contributed by atoms with van der Waals surface area (Å²) in [4.78, 5) is 0. The van der Waals surface area contributed by atoms with E-state index in [2.05, 4.69) is 5.32 Å². The molecule has 0 saturated carbocycles. The van der Waals surface area contributed by atoms with Crippen molar-refractivity contribution < 1.29 is 0 Å². The van der Waals surface area contributed by atoms with Crippen LogP contribution < -0.4 is 5.32 Å². The lowest BCUT2D eigenvalue weighted by molar-refractivity contribution is 1.41. The lowest BCUT2D eigenvalue weighted by Crippen LogP contribution is -1.93. The van der Waals surface area contributed by atoms with Crippen molar-refractivity contribution >= 4 is 34.6 Å². The third-order valence-corrected chi connectivity index (χ3v) is 3.54. The SMILES string of the molecule is Cc1ccc(Nc2cccc(Cl)c2C)cc1Cl. The van der Waals surface area contributed by atoms with Crippen LogP contribution in [0, 0.1) is 13.8 Å². The lowest BCUT2D eigenvalue weighted by Gasteiger charge is -2.11. The van der Waals surface area contributed by atoms with E-state index in [0.29, 0.717) is 0 Å². The maximum Gasteiger partial charge on any atom is 0.0455 e. The molecule has 2 aromatic carbocycles. The van der Waals surface area contributed by atoms with Gasteiger partial charge in [0.15, 0.2) is 0 Å². The van der Waals surface area contributed by atoms with Gasteiger partial charge in [-0.05, 0) is 49.2 Å². The van der Waals surface area contributed by atoms with E-state index in [1.165, 1.54) is 0 Å². The van der Waals surface area contributed by atoms with Gasteiger partial charge in [-0.25, -0.2) is 0 Å². The molecule has 0 atom stereocenters. The van der Waals surface area contributed by atoms with Gasteiger partial charge in [-0.3, -0.25) is 0 Å². The van der Waals surface area contributed by atoms with Crippen molar-refractivity contribution in [3.8, 4) is 0 Å². The van der Waals surface area contributed by atoms with Crippen LogP contribution >= 0.6 is 23.2 Å². The van der Waals surface area contributed by atoms with Crippen molar-refractivity contribution in [1.82, 2.24) is 0 Å². The van der Waals surface area contributed by atoms with Gasteiger partial charge < -0.3 is 5.32 Å². The Kier molecular flexibility index (Phi) is 3.60. The van der Waals surface area contributed by atoms with Gasteiger partial charge in [0.05, 0.1) is 0 Å². The number of anilines is 2. The molecule has 0 unspecified atom stereocenters. The second kappa shape index (κ2) is 4.99. The summed E-state index contributed by atoms with van der Waals surface area (Å²) in [6.07, 6.45) is 0. The minimum Gasteiger partial charge on any atom is -0.355 e. The van der Waals surface area contributed by atoms with E-state index in [4.69, 9.17) is 23.2 Å². The molecule has 0 saturated heterocycles. The standard InChI is InChI=1S/C14H13Cl2N/c1-9-6-7-11(8-13(9)16)17-14-5-3-4-12(15)10(14)2/h3-8,17H,1-2H3. The second-order valence-electron chi connectivity index (χ2n) is 4.00. The van der Waals surface area contributed by atoms with Gasteiger partial charge in [0, 0.05) is 21.4 Å². The van der Waals surface area contributed by atoms with Crippen molar-refractivity contribution in [2.45, 2.75) is 13.8 Å². The van der Waals surface area contributed by atoms with Crippen LogP contribution in [-0.4, -0.2) is 0 Å². The van der Waals surface area contributed by atoms with Gasteiger partial charge in [-0.15, -0.1) is 0 Å². The number of halogens is 2. The Morgan fingerprint density at radius 1 is 0.941 bits per heavy atom. The maximum absolute atomic E-state index is 6.09. The van der Waals surface area contributed by atoms with E-state index in [1.54, 1.807) is 0 Å². The number of benzene rings is 2. The first-order chi connectivity index (χ1) is 8.08. The average Bonchev–Trinajstić information content (AvgIpc) is 2.30. The highest BCUT2D eigenvalue weighted by atomic mass is 35.5. The quantitative estimate of drug-likeness (QED) is 0.772. The van der Waals surface area contributed by atoms with E-state index >= 15 is 0 Å². The molecule has 0 bridgehead atoms. The molecule has 0 aliphatic rings. The minimum absolute atomic E-state index is 0.758. The molecule has 2 rings (SSSR count). The molecule has 0 radical (unpaired) electrons. The van der Waals surface area contributed by atoms with E-state index < -0.39 is 0 Å². The molecule has 0 spiro atoms. The number of hydrogen-bond donors (Lipinski definition) is 1. The van der Waals surface area contributed by atoms with Crippen LogP contribution in [0.5, 0.6) is 0 Å². The fourth-order valence-electron chi connectivity index (χ4n) is 1.57. The van der Waals surface area contributed by atoms with Gasteiger partial charge in [-0.2, -0.15) is 0 Å². The summed E-state index contributed by atoms with van der Waals surface area (Å²) in [6, 6.07) is 11.7. The number of aryl methyl sites for hydroxylation is 1. The molecule has 0 aromatic heterocycles. The van der Waals surface area contributed by atoms with Gasteiger partial charge >= 0.3 is 0 Å². The molecule has 88 valence electrons. The summed E-state index contributed by atoms with van der Waals surface area (Å²) in [7, 11) is 0. The largest absolute Gasteiger partial charge is 0.355 e. The van der Waals surface area contributed by atoms with Crippen LogP contribution in [0.3, 0.4) is 0 Å². The first-order valence-corrected chi connectivity index (χ1v) is 6.12. The summed E-state index contributed by atoms with van der Waals surface area (Å²) >= 11 is 12.2. The van der Waals surface area contributed by atoms with E-state index in [-0.39, 0.29) is 0 Å². The molecule has 1 N–H and O–H groups in total. The van der Waals surface area contributed by atoms with Crippen molar-refractivity contribution in [3.63, 3.8) is 0 Å². The van der Waals surface area contributed by atoms with E-state index in [1.807, 2.05) is 50.2 Å². The smallest absolute Gasteiger partial charge is 0.0455 e. The summed E-state index contributed by atoms with van der Waals surface area (Å²) in [5, 5.41) is 4.83. The first kappa shape index (κ1) is 12.3. The molecule has 2 aromatic rings. The van der Waals surface area contributed by atoms with E-state index in [9.17, 15) is 0 Å². The summed E-state index contributed by atoms with van der Waals surface area (Å²) < 4.78 is 0. The summed E-state index contributed by atoms with van der Waals surface area (Å²) in [5.74, 6) is 0. The fraction of sp³-hybridized carbons (Fsp3) is 0.143. The second-order valence-corrected chi connectivity index (χ2v) is 4.82. The average molecular weight is 266 g/mol. The monoisotopic (exact) mass is 265 g/mol. The van der Waals surface area contributed by atoms with E-state index in [0.717, 1.165) is 32.5 Å². The minimum atomic E-state index is 0.758. The first-order valence-electron chi connectivity index (χ1n) is 5.36. The Morgan fingerprint density at radius 2 is 1.71 bits per heavy atom. The normalized spacial score (nSPS) is 10.4. The van der Waals surface area contributed by atoms with Crippen LogP contribution in [0.4, 0.5) is 11.4 Å². The Labute approximate surface area is 111 Å². The summed E-state index contributed by atoms with van der Waals surface area (Å²) in [5.41, 5.74) is 4.06. The molecule has 0 heterocycles. The lowest BCUT2D eigenvalue weighted by atomic mass is 10.1. The zero-order valence-electron chi connectivity index (χ0n) is 9.72. The Hall–Kier alpha value is -1.18. The highest BCUT2D eigenvalue weighted by Crippen LogP contribution is 2.28. The van der Waals surface area contributed by atoms with Crippen molar-refractivity contribution in [2.24, 2.45) is 0 Å². The third kappa shape index (κ3) is 2.74. The molecule has 17 heavy (non-hydrogen) atoms. The molecular weight excluding hydrogens is 253 g/mol. The van der Waals surface area contributed by atoms with Gasteiger partial charge in [0.1, 0.15) is 0 Å². The predicted octanol–water partition coefficient (Wildman–Crippen LogP) is 5.35. The zero-order chi connectivity index (χ0) is 12.4. The van der Waals surface area contributed by atoms with Gasteiger partial charge in [-0.1, -0.05) is 35.3 Å². The topological polar surface area (TPSA) is 12.0 Å². The molecule has 0 amide bonds. The van der Waals surface area contributed by atoms with Crippen molar-refractivity contribution in [3.05, 3.63) is 57.6 Å². The molecule has 3 heteroatoms. The Bertz CT molecular complexity index is 550. The third-order valence-electron chi connectivity index (χ3n) is 2.72. The predicted molar refractivity (Wildman–Crippen MR) is 75.7 cm³/mol. The molecular formula is C14H13Cl2N. The number of rotatable bonds is 2. The van der Waals surface area contributed by atoms with Gasteiger partial charge in [0.2, 0.25) is 0 Å². The Morgan fingerprint density at radius 3 is 2.41 bits per heavy atom. The van der Waals surface area contributed by atoms with Crippen molar-refractivity contribution in [2.75, 3.05) is 5.32 Å². The molecule has 0 aliphatic carbocycles. The van der Waals surface area contributed by atoms with Crippen LogP contribution in [-0.2, 0) is 0 Å². The zero-order valence-corrected chi connectivity index (χ0v) is 11.2. The van der Waals surface area contributed by atoms with Crippen molar-refractivity contribution in [1.29, 1.82) is 0 Å². The van der Waals surface area contributed by atoms with Crippen LogP contribution in [0.15, 0.2) is 36.4 Å². The highest BCUT2D eigenvalue weighted by molar-refractivity contribution is 6.32. The maximum atomic E-state index is 6.09. The Balaban J connectivity index is 2.31. The fourth-order valence-corrected chi connectivity index (χ4v) is 1.92. The summed E-state index contributed by atoms with van der Waals surface area (Å²) in [6.45, 7) is 3.97. The molecule has 1 nitrogen and oxygen atoms in total. The number of nitrogens with one attached hydrogen (secondary N) is 1.